The lowest BCUT2D eigenvalue weighted by Crippen LogP contribution is -2.39. The molecule has 84 valence electrons. The molecule has 3 atom stereocenters. The Morgan fingerprint density at radius 2 is 2.27 bits per heavy atom. The van der Waals surface area contributed by atoms with Crippen molar-refractivity contribution in [2.45, 2.75) is 18.5 Å². The highest BCUT2D eigenvalue weighted by molar-refractivity contribution is 7.73. The summed E-state index contributed by atoms with van der Waals surface area (Å²) in [5.41, 5.74) is 0. The Balaban J connectivity index is 2.37. The molecule has 2 aliphatic rings. The van der Waals surface area contributed by atoms with Gasteiger partial charge >= 0.3 is 5.97 Å². The van der Waals surface area contributed by atoms with E-state index in [1.54, 1.807) is 0 Å². The molecule has 2 fully saturated rings. The average molecular weight is 232 g/mol. The minimum atomic E-state index is -2.39. The van der Waals surface area contributed by atoms with Crippen molar-refractivity contribution in [2.24, 2.45) is 5.92 Å². The standard InChI is InChI=1S/C8H12N2O4S/c1-14-8(11)5-6-4(2-3-9-6)10-7(5)15(12)13/h4-6,9-10H,2-3H2,1H3. The van der Waals surface area contributed by atoms with E-state index in [1.165, 1.54) is 7.11 Å². The van der Waals surface area contributed by atoms with E-state index in [9.17, 15) is 13.2 Å². The Morgan fingerprint density at radius 1 is 1.53 bits per heavy atom. The Bertz CT molecular complexity index is 408. The van der Waals surface area contributed by atoms with E-state index in [0.717, 1.165) is 13.0 Å². The van der Waals surface area contributed by atoms with Gasteiger partial charge in [0.1, 0.15) is 10.9 Å². The van der Waals surface area contributed by atoms with Crippen LogP contribution < -0.4 is 10.6 Å². The number of fused-ring (bicyclic) bond motifs is 1. The van der Waals surface area contributed by atoms with Gasteiger partial charge in [-0.2, -0.15) is 8.42 Å². The third-order valence-electron chi connectivity index (χ3n) is 2.87. The third-order valence-corrected chi connectivity index (χ3v) is 3.60. The molecule has 2 aliphatic heterocycles. The predicted molar refractivity (Wildman–Crippen MR) is 52.8 cm³/mol. The first-order valence-corrected chi connectivity index (χ1v) is 5.76. The van der Waals surface area contributed by atoms with Gasteiger partial charge in [0, 0.05) is 12.1 Å². The molecule has 3 unspecified atom stereocenters. The van der Waals surface area contributed by atoms with Crippen LogP contribution in [0.25, 0.3) is 0 Å². The fourth-order valence-corrected chi connectivity index (χ4v) is 2.91. The van der Waals surface area contributed by atoms with Gasteiger partial charge in [0.15, 0.2) is 0 Å². The van der Waals surface area contributed by atoms with Crippen LogP contribution >= 0.6 is 0 Å². The molecule has 0 aromatic carbocycles. The van der Waals surface area contributed by atoms with Gasteiger partial charge in [-0.1, -0.05) is 0 Å². The van der Waals surface area contributed by atoms with Crippen molar-refractivity contribution in [3.8, 4) is 0 Å². The lowest BCUT2D eigenvalue weighted by Gasteiger charge is -2.14. The number of rotatable bonds is 1. The first kappa shape index (κ1) is 10.6. The summed E-state index contributed by atoms with van der Waals surface area (Å²) in [6.07, 6.45) is 0.818. The van der Waals surface area contributed by atoms with Gasteiger partial charge in [-0.05, 0) is 13.0 Å². The first-order valence-electron chi connectivity index (χ1n) is 4.69. The largest absolute Gasteiger partial charge is 0.468 e. The molecular formula is C8H12N2O4S. The van der Waals surface area contributed by atoms with Gasteiger partial charge in [-0.15, -0.1) is 0 Å². The highest BCUT2D eigenvalue weighted by Gasteiger charge is 2.48. The molecule has 2 N–H and O–H groups in total. The van der Waals surface area contributed by atoms with Crippen LogP contribution in [0.4, 0.5) is 0 Å². The second-order valence-electron chi connectivity index (χ2n) is 3.62. The maximum Gasteiger partial charge on any atom is 0.316 e. The van der Waals surface area contributed by atoms with Crippen LogP contribution in [0.3, 0.4) is 0 Å². The molecule has 0 aromatic rings. The average Bonchev–Trinajstić information content (AvgIpc) is 2.74. The molecule has 0 spiro atoms. The van der Waals surface area contributed by atoms with Gasteiger partial charge in [-0.3, -0.25) is 10.1 Å². The summed E-state index contributed by atoms with van der Waals surface area (Å²) in [7, 11) is -1.13. The number of methoxy groups -OCH3 is 1. The summed E-state index contributed by atoms with van der Waals surface area (Å²) in [5.74, 6) is -1.23. The van der Waals surface area contributed by atoms with Crippen molar-refractivity contribution in [3.63, 3.8) is 0 Å². The zero-order chi connectivity index (χ0) is 11.0. The van der Waals surface area contributed by atoms with E-state index in [0.29, 0.717) is 0 Å². The normalized spacial score (nSPS) is 33.9. The number of carbonyl (C=O) groups excluding carboxylic acids is 1. The number of carbonyl (C=O) groups is 1. The quantitative estimate of drug-likeness (QED) is 0.406. The molecule has 0 radical (unpaired) electrons. The number of nitrogens with one attached hydrogen (secondary N) is 2. The molecular weight excluding hydrogens is 220 g/mol. The number of hydrogen-bond acceptors (Lipinski definition) is 5. The fourth-order valence-electron chi connectivity index (χ4n) is 2.21. The molecule has 15 heavy (non-hydrogen) atoms. The molecule has 0 amide bonds. The van der Waals surface area contributed by atoms with E-state index in [-0.39, 0.29) is 17.1 Å². The fraction of sp³-hybridized carbons (Fsp3) is 0.750. The minimum absolute atomic E-state index is 0.0157. The van der Waals surface area contributed by atoms with Gasteiger partial charge < -0.3 is 10.1 Å². The predicted octanol–water partition coefficient (Wildman–Crippen LogP) is -1.88. The van der Waals surface area contributed by atoms with Crippen molar-refractivity contribution in [1.82, 2.24) is 10.6 Å². The molecule has 0 bridgehead atoms. The number of ether oxygens (including phenoxy) is 1. The van der Waals surface area contributed by atoms with E-state index in [2.05, 4.69) is 15.4 Å². The smallest absolute Gasteiger partial charge is 0.316 e. The second-order valence-corrected chi connectivity index (χ2v) is 4.53. The molecule has 7 heteroatoms. The third kappa shape index (κ3) is 1.66. The molecule has 0 aliphatic carbocycles. The topological polar surface area (TPSA) is 84.5 Å². The van der Waals surface area contributed by atoms with Gasteiger partial charge in [0.25, 0.3) is 0 Å². The SMILES string of the molecule is COC(=O)C1C(=S(=O)=O)NC2CCNC21. The maximum atomic E-state index is 11.5. The van der Waals surface area contributed by atoms with Crippen molar-refractivity contribution in [2.75, 3.05) is 13.7 Å². The van der Waals surface area contributed by atoms with Gasteiger partial charge in [0.2, 0.25) is 10.3 Å². The van der Waals surface area contributed by atoms with Crippen molar-refractivity contribution >= 4 is 21.3 Å². The Labute approximate surface area is 88.5 Å². The van der Waals surface area contributed by atoms with Crippen molar-refractivity contribution < 1.29 is 17.9 Å². The van der Waals surface area contributed by atoms with E-state index < -0.39 is 22.2 Å². The van der Waals surface area contributed by atoms with Gasteiger partial charge in [0.05, 0.1) is 7.11 Å². The number of esters is 1. The Kier molecular flexibility index (Phi) is 2.76. The molecule has 2 heterocycles. The van der Waals surface area contributed by atoms with Crippen LogP contribution in [-0.2, 0) is 19.8 Å². The number of hydrogen-bond donors (Lipinski definition) is 2. The van der Waals surface area contributed by atoms with E-state index >= 15 is 0 Å². The summed E-state index contributed by atoms with van der Waals surface area (Å²) < 4.78 is 26.5. The zero-order valence-electron chi connectivity index (χ0n) is 8.19. The molecule has 0 saturated carbocycles. The van der Waals surface area contributed by atoms with Crippen LogP contribution in [0.2, 0.25) is 0 Å². The molecule has 0 aromatic heterocycles. The second kappa shape index (κ2) is 3.92. The monoisotopic (exact) mass is 232 g/mol. The van der Waals surface area contributed by atoms with Crippen molar-refractivity contribution in [3.05, 3.63) is 0 Å². The summed E-state index contributed by atoms with van der Waals surface area (Å²) in [5, 5.41) is 5.97. The van der Waals surface area contributed by atoms with Crippen molar-refractivity contribution in [1.29, 1.82) is 0 Å². The van der Waals surface area contributed by atoms with Crippen LogP contribution in [-0.4, -0.2) is 45.1 Å². The summed E-state index contributed by atoms with van der Waals surface area (Å²) in [6.45, 7) is 0.786. The van der Waals surface area contributed by atoms with Crippen LogP contribution in [0.1, 0.15) is 6.42 Å². The van der Waals surface area contributed by atoms with E-state index in [4.69, 9.17) is 0 Å². The zero-order valence-corrected chi connectivity index (χ0v) is 9.00. The molecule has 2 saturated heterocycles. The first-order chi connectivity index (χ1) is 7.15. The summed E-state index contributed by atoms with van der Waals surface area (Å²) >= 11 is 0. The molecule has 2 rings (SSSR count). The molecule has 6 nitrogen and oxygen atoms in total. The lowest BCUT2D eigenvalue weighted by molar-refractivity contribution is -0.143. The minimum Gasteiger partial charge on any atom is -0.468 e. The van der Waals surface area contributed by atoms with Crippen LogP contribution in [0.15, 0.2) is 0 Å². The summed E-state index contributed by atoms with van der Waals surface area (Å²) in [6, 6.07) is -0.146. The van der Waals surface area contributed by atoms with E-state index in [1.807, 2.05) is 0 Å². The lowest BCUT2D eigenvalue weighted by atomic mass is 10.0. The summed E-state index contributed by atoms with van der Waals surface area (Å²) in [4.78, 5) is 11.5. The Hall–Kier alpha value is -0.920. The maximum absolute atomic E-state index is 11.5. The highest BCUT2D eigenvalue weighted by atomic mass is 32.2. The van der Waals surface area contributed by atoms with Crippen LogP contribution in [0, 0.1) is 5.92 Å². The highest BCUT2D eigenvalue weighted by Crippen LogP contribution is 2.24. The van der Waals surface area contributed by atoms with Crippen LogP contribution in [0.5, 0.6) is 0 Å². The Morgan fingerprint density at radius 3 is 2.87 bits per heavy atom. The van der Waals surface area contributed by atoms with Gasteiger partial charge in [-0.25, -0.2) is 0 Å².